The summed E-state index contributed by atoms with van der Waals surface area (Å²) in [5.74, 6) is 0.923. The molecule has 0 spiro atoms. The number of carbonyl (C=O) groups is 1. The van der Waals surface area contributed by atoms with Crippen molar-refractivity contribution in [1.82, 2.24) is 19.8 Å². The van der Waals surface area contributed by atoms with Gasteiger partial charge in [0.25, 0.3) is 0 Å². The molecule has 1 amide bonds. The number of carbonyl (C=O) groups excluding carboxylic acids is 1. The largest absolute Gasteiger partial charge is 0.444 e. The summed E-state index contributed by atoms with van der Waals surface area (Å²) in [5, 5.41) is 0.235. The normalized spacial score (nSPS) is 18.9. The molecule has 1 aromatic heterocycles. The number of rotatable bonds is 1. The zero-order valence-corrected chi connectivity index (χ0v) is 16.1. The molecule has 25 heavy (non-hydrogen) atoms. The highest BCUT2D eigenvalue weighted by Crippen LogP contribution is 2.29. The van der Waals surface area contributed by atoms with Crippen LogP contribution in [-0.4, -0.2) is 71.2 Å². The topological polar surface area (TPSA) is 61.8 Å². The number of halogens is 1. The van der Waals surface area contributed by atoms with Gasteiger partial charge in [-0.25, -0.2) is 14.8 Å². The monoisotopic (exact) mass is 367 g/mol. The molecule has 1 fully saturated rings. The fourth-order valence-electron chi connectivity index (χ4n) is 3.14. The van der Waals surface area contributed by atoms with Crippen molar-refractivity contribution in [1.29, 1.82) is 0 Å². The molecule has 2 aliphatic rings. The molecule has 0 radical (unpaired) electrons. The van der Waals surface area contributed by atoms with Crippen molar-refractivity contribution < 1.29 is 9.53 Å². The van der Waals surface area contributed by atoms with E-state index < -0.39 is 5.60 Å². The molecule has 0 atom stereocenters. The van der Waals surface area contributed by atoms with Gasteiger partial charge in [-0.15, -0.1) is 0 Å². The van der Waals surface area contributed by atoms with E-state index in [0.29, 0.717) is 19.5 Å². The predicted molar refractivity (Wildman–Crippen MR) is 97.1 cm³/mol. The molecule has 138 valence electrons. The van der Waals surface area contributed by atoms with E-state index in [2.05, 4.69) is 26.8 Å². The molecular weight excluding hydrogens is 342 g/mol. The average Bonchev–Trinajstić information content (AvgIpc) is 2.52. The molecule has 3 heterocycles. The number of nitrogens with zero attached hydrogens (tertiary/aromatic N) is 5. The summed E-state index contributed by atoms with van der Waals surface area (Å²) in [6.07, 6.45) is 0.405. The van der Waals surface area contributed by atoms with Crippen molar-refractivity contribution in [3.63, 3.8) is 0 Å². The SMILES string of the molecule is CN1CCN(c2nc(Cl)nc3c2CCN(C(=O)OC(C)(C)C)C3)CC1. The number of ether oxygens (including phenoxy) is 1. The molecule has 7 nitrogen and oxygen atoms in total. The van der Waals surface area contributed by atoms with E-state index >= 15 is 0 Å². The lowest BCUT2D eigenvalue weighted by molar-refractivity contribution is 0.0220. The van der Waals surface area contributed by atoms with Gasteiger partial charge in [0.1, 0.15) is 11.4 Å². The number of amides is 1. The van der Waals surface area contributed by atoms with Crippen LogP contribution in [0, 0.1) is 0 Å². The Labute approximate surface area is 153 Å². The highest BCUT2D eigenvalue weighted by molar-refractivity contribution is 6.28. The molecule has 2 aliphatic heterocycles. The summed E-state index contributed by atoms with van der Waals surface area (Å²) in [4.78, 5) is 27.5. The third-order valence-corrected chi connectivity index (χ3v) is 4.64. The minimum absolute atomic E-state index is 0.235. The molecule has 0 saturated carbocycles. The van der Waals surface area contributed by atoms with Gasteiger partial charge in [-0.05, 0) is 45.8 Å². The highest BCUT2D eigenvalue weighted by atomic mass is 35.5. The smallest absolute Gasteiger partial charge is 0.410 e. The number of aromatic nitrogens is 2. The first-order chi connectivity index (χ1) is 11.7. The Morgan fingerprint density at radius 3 is 2.44 bits per heavy atom. The van der Waals surface area contributed by atoms with Crippen LogP contribution in [0.1, 0.15) is 32.0 Å². The van der Waals surface area contributed by atoms with E-state index in [1.165, 1.54) is 0 Å². The lowest BCUT2D eigenvalue weighted by atomic mass is 10.0. The van der Waals surface area contributed by atoms with E-state index in [4.69, 9.17) is 16.3 Å². The Bertz CT molecular complexity index is 653. The third kappa shape index (κ3) is 4.33. The molecule has 0 aliphatic carbocycles. The summed E-state index contributed by atoms with van der Waals surface area (Å²) in [6.45, 7) is 10.5. The maximum absolute atomic E-state index is 12.3. The molecular formula is C17H26ClN5O2. The third-order valence-electron chi connectivity index (χ3n) is 4.47. The van der Waals surface area contributed by atoms with Crippen molar-refractivity contribution >= 4 is 23.5 Å². The second-order valence-corrected chi connectivity index (χ2v) is 8.02. The van der Waals surface area contributed by atoms with Gasteiger partial charge in [-0.3, -0.25) is 0 Å². The maximum atomic E-state index is 12.3. The average molecular weight is 368 g/mol. The van der Waals surface area contributed by atoms with E-state index in [9.17, 15) is 4.79 Å². The summed E-state index contributed by atoms with van der Waals surface area (Å²) < 4.78 is 5.48. The predicted octanol–water partition coefficient (Wildman–Crippen LogP) is 2.17. The van der Waals surface area contributed by atoms with Crippen molar-refractivity contribution in [3.8, 4) is 0 Å². The molecule has 0 bridgehead atoms. The number of piperazine rings is 1. The van der Waals surface area contributed by atoms with E-state index in [0.717, 1.165) is 43.3 Å². The maximum Gasteiger partial charge on any atom is 0.410 e. The van der Waals surface area contributed by atoms with Gasteiger partial charge in [0, 0.05) is 38.3 Å². The van der Waals surface area contributed by atoms with Crippen LogP contribution in [0.5, 0.6) is 0 Å². The van der Waals surface area contributed by atoms with E-state index in [-0.39, 0.29) is 11.4 Å². The lowest BCUT2D eigenvalue weighted by Crippen LogP contribution is -2.46. The van der Waals surface area contributed by atoms with Crippen LogP contribution >= 0.6 is 11.6 Å². The summed E-state index contributed by atoms with van der Waals surface area (Å²) >= 11 is 6.17. The van der Waals surface area contributed by atoms with Crippen LogP contribution in [-0.2, 0) is 17.7 Å². The fourth-order valence-corrected chi connectivity index (χ4v) is 3.33. The van der Waals surface area contributed by atoms with Crippen molar-refractivity contribution in [3.05, 3.63) is 16.5 Å². The van der Waals surface area contributed by atoms with Crippen LogP contribution in [0.25, 0.3) is 0 Å². The van der Waals surface area contributed by atoms with Crippen LogP contribution in [0.4, 0.5) is 10.6 Å². The second-order valence-electron chi connectivity index (χ2n) is 7.68. The molecule has 3 rings (SSSR count). The highest BCUT2D eigenvalue weighted by Gasteiger charge is 2.30. The Morgan fingerprint density at radius 2 is 1.80 bits per heavy atom. The van der Waals surface area contributed by atoms with Gasteiger partial charge in [0.2, 0.25) is 5.28 Å². The molecule has 0 aromatic carbocycles. The van der Waals surface area contributed by atoms with Crippen LogP contribution in [0.15, 0.2) is 0 Å². The van der Waals surface area contributed by atoms with Gasteiger partial charge in [0.15, 0.2) is 0 Å². The lowest BCUT2D eigenvalue weighted by Gasteiger charge is -2.36. The minimum Gasteiger partial charge on any atom is -0.444 e. The van der Waals surface area contributed by atoms with Crippen molar-refractivity contribution in [2.45, 2.75) is 39.3 Å². The van der Waals surface area contributed by atoms with Gasteiger partial charge in [-0.2, -0.15) is 0 Å². The molecule has 1 aromatic rings. The first kappa shape index (κ1) is 18.2. The van der Waals surface area contributed by atoms with Crippen molar-refractivity contribution in [2.24, 2.45) is 0 Å². The number of fused-ring (bicyclic) bond motifs is 1. The summed E-state index contributed by atoms with van der Waals surface area (Å²) in [7, 11) is 2.12. The zero-order chi connectivity index (χ0) is 18.2. The fraction of sp³-hybridized carbons (Fsp3) is 0.706. The minimum atomic E-state index is -0.508. The number of hydrogen-bond acceptors (Lipinski definition) is 6. The first-order valence-electron chi connectivity index (χ1n) is 8.69. The van der Waals surface area contributed by atoms with Gasteiger partial charge in [0.05, 0.1) is 12.2 Å². The van der Waals surface area contributed by atoms with E-state index in [1.807, 2.05) is 20.8 Å². The summed E-state index contributed by atoms with van der Waals surface area (Å²) in [5.41, 5.74) is 1.42. The zero-order valence-electron chi connectivity index (χ0n) is 15.4. The van der Waals surface area contributed by atoms with Gasteiger partial charge >= 0.3 is 6.09 Å². The van der Waals surface area contributed by atoms with Gasteiger partial charge < -0.3 is 19.4 Å². The first-order valence-corrected chi connectivity index (χ1v) is 9.07. The number of anilines is 1. The van der Waals surface area contributed by atoms with Crippen LogP contribution in [0.2, 0.25) is 5.28 Å². The van der Waals surface area contributed by atoms with Crippen molar-refractivity contribution in [2.75, 3.05) is 44.7 Å². The molecule has 8 heteroatoms. The van der Waals surface area contributed by atoms with Crippen LogP contribution < -0.4 is 4.90 Å². The Kier molecular flexibility index (Phi) is 5.06. The molecule has 1 saturated heterocycles. The van der Waals surface area contributed by atoms with E-state index in [1.54, 1.807) is 4.90 Å². The van der Waals surface area contributed by atoms with Gasteiger partial charge in [-0.1, -0.05) is 0 Å². The second kappa shape index (κ2) is 6.96. The summed E-state index contributed by atoms with van der Waals surface area (Å²) in [6, 6.07) is 0. The molecule has 0 N–H and O–H groups in total. The van der Waals surface area contributed by atoms with Crippen LogP contribution in [0.3, 0.4) is 0 Å². The molecule has 0 unspecified atom stereocenters. The Morgan fingerprint density at radius 1 is 1.12 bits per heavy atom. The standard InChI is InChI=1S/C17H26ClN5O2/c1-17(2,3)25-16(24)23-6-5-12-13(11-23)19-15(18)20-14(12)22-9-7-21(4)8-10-22/h5-11H2,1-4H3. The number of hydrogen-bond donors (Lipinski definition) is 0. The Hall–Kier alpha value is -1.60. The number of likely N-dealkylation sites (N-methyl/N-ethyl adjacent to an activating group) is 1. The quantitative estimate of drug-likeness (QED) is 0.709. The Balaban J connectivity index is 1.80.